The van der Waals surface area contributed by atoms with Gasteiger partial charge in [0.05, 0.1) is 0 Å². The minimum absolute atomic E-state index is 0.0425. The highest BCUT2D eigenvalue weighted by Crippen LogP contribution is 2.21. The van der Waals surface area contributed by atoms with E-state index in [4.69, 9.17) is 4.74 Å². The molecule has 0 radical (unpaired) electrons. The van der Waals surface area contributed by atoms with Crippen LogP contribution in [0.3, 0.4) is 0 Å². The highest BCUT2D eigenvalue weighted by Gasteiger charge is 2.17. The van der Waals surface area contributed by atoms with Gasteiger partial charge >= 0.3 is 0 Å². The number of amides is 1. The molecular weight excluding hydrogens is 284 g/mol. The van der Waals surface area contributed by atoms with Crippen molar-refractivity contribution >= 4 is 21.8 Å². The van der Waals surface area contributed by atoms with Crippen LogP contribution in [0.2, 0.25) is 0 Å². The van der Waals surface area contributed by atoms with E-state index in [-0.39, 0.29) is 12.5 Å². The van der Waals surface area contributed by atoms with Crippen molar-refractivity contribution in [2.24, 2.45) is 0 Å². The smallest absolute Gasteiger partial charge is 0.258 e. The average Bonchev–Trinajstić information content (AvgIpc) is 2.81. The Labute approximate surface area is 109 Å². The van der Waals surface area contributed by atoms with Crippen LogP contribution in [0.1, 0.15) is 25.7 Å². The number of aromatic nitrogens is 1. The molecule has 1 N–H and O–H groups in total. The number of rotatable bonds is 4. The highest BCUT2D eigenvalue weighted by molar-refractivity contribution is 9.10. The summed E-state index contributed by atoms with van der Waals surface area (Å²) >= 11 is 3.27. The lowest BCUT2D eigenvalue weighted by Crippen LogP contribution is -2.36. The Morgan fingerprint density at radius 2 is 2.29 bits per heavy atom. The fourth-order valence-corrected chi connectivity index (χ4v) is 2.33. The third-order valence-electron chi connectivity index (χ3n) is 2.80. The molecule has 92 valence electrons. The van der Waals surface area contributed by atoms with Crippen molar-refractivity contribution in [3.05, 3.63) is 22.9 Å². The van der Waals surface area contributed by atoms with Crippen molar-refractivity contribution in [2.45, 2.75) is 31.7 Å². The minimum Gasteiger partial charge on any atom is -0.481 e. The third kappa shape index (κ3) is 3.70. The second-order valence-electron chi connectivity index (χ2n) is 4.13. The topological polar surface area (TPSA) is 51.2 Å². The van der Waals surface area contributed by atoms with Crippen molar-refractivity contribution in [3.63, 3.8) is 0 Å². The molecule has 1 aromatic rings. The summed E-state index contributed by atoms with van der Waals surface area (Å²) in [5.41, 5.74) is 0. The van der Waals surface area contributed by atoms with Crippen LogP contribution in [0.5, 0.6) is 5.75 Å². The number of nitrogens with one attached hydrogen (secondary N) is 1. The normalized spacial score (nSPS) is 15.8. The molecule has 0 spiro atoms. The molecule has 0 aromatic carbocycles. The monoisotopic (exact) mass is 298 g/mol. The standard InChI is InChI=1S/C12H15BrN2O2/c13-12-10(6-3-7-14-12)17-8-11(16)15-9-4-1-2-5-9/h3,6-7,9H,1-2,4-5,8H2,(H,15,16). The van der Waals surface area contributed by atoms with Gasteiger partial charge in [0.1, 0.15) is 4.60 Å². The van der Waals surface area contributed by atoms with Crippen LogP contribution in [0.4, 0.5) is 0 Å². The van der Waals surface area contributed by atoms with Gasteiger partial charge in [-0.05, 0) is 40.9 Å². The van der Waals surface area contributed by atoms with Crippen molar-refractivity contribution in [2.75, 3.05) is 6.61 Å². The molecule has 1 heterocycles. The van der Waals surface area contributed by atoms with E-state index in [1.165, 1.54) is 12.8 Å². The molecule has 1 aliphatic carbocycles. The number of hydrogen-bond donors (Lipinski definition) is 1. The highest BCUT2D eigenvalue weighted by atomic mass is 79.9. The second kappa shape index (κ2) is 6.00. The van der Waals surface area contributed by atoms with Gasteiger partial charge in [-0.25, -0.2) is 4.98 Å². The molecule has 0 atom stereocenters. The molecule has 1 aliphatic rings. The maximum absolute atomic E-state index is 11.6. The number of hydrogen-bond acceptors (Lipinski definition) is 3. The Balaban J connectivity index is 1.77. The molecule has 17 heavy (non-hydrogen) atoms. The predicted molar refractivity (Wildman–Crippen MR) is 67.8 cm³/mol. The zero-order valence-electron chi connectivity index (χ0n) is 9.49. The van der Waals surface area contributed by atoms with Crippen molar-refractivity contribution in [3.8, 4) is 5.75 Å². The van der Waals surface area contributed by atoms with E-state index in [9.17, 15) is 4.79 Å². The summed E-state index contributed by atoms with van der Waals surface area (Å²) in [6.45, 7) is 0.0425. The summed E-state index contributed by atoms with van der Waals surface area (Å²) < 4.78 is 6.01. The number of ether oxygens (including phenoxy) is 1. The average molecular weight is 299 g/mol. The van der Waals surface area contributed by atoms with E-state index >= 15 is 0 Å². The zero-order chi connectivity index (χ0) is 12.1. The Bertz CT molecular complexity index is 392. The molecule has 4 nitrogen and oxygen atoms in total. The van der Waals surface area contributed by atoms with Gasteiger partial charge < -0.3 is 10.1 Å². The first-order valence-corrected chi connectivity index (χ1v) is 6.57. The summed E-state index contributed by atoms with van der Waals surface area (Å²) in [4.78, 5) is 15.6. The van der Waals surface area contributed by atoms with E-state index in [0.717, 1.165) is 12.8 Å². The maximum Gasteiger partial charge on any atom is 0.258 e. The lowest BCUT2D eigenvalue weighted by molar-refractivity contribution is -0.123. The van der Waals surface area contributed by atoms with Crippen LogP contribution in [0.15, 0.2) is 22.9 Å². The van der Waals surface area contributed by atoms with Gasteiger partial charge in [-0.15, -0.1) is 0 Å². The van der Waals surface area contributed by atoms with Gasteiger partial charge in [-0.1, -0.05) is 12.8 Å². The molecule has 1 amide bonds. The Kier molecular flexibility index (Phi) is 4.36. The first-order valence-electron chi connectivity index (χ1n) is 5.78. The molecule has 2 rings (SSSR count). The first kappa shape index (κ1) is 12.4. The number of carbonyl (C=O) groups excluding carboxylic acids is 1. The predicted octanol–water partition coefficient (Wildman–Crippen LogP) is 2.28. The number of nitrogens with zero attached hydrogens (tertiary/aromatic N) is 1. The molecule has 5 heteroatoms. The second-order valence-corrected chi connectivity index (χ2v) is 4.88. The van der Waals surface area contributed by atoms with Gasteiger partial charge in [-0.3, -0.25) is 4.79 Å². The van der Waals surface area contributed by atoms with Crippen LogP contribution < -0.4 is 10.1 Å². The maximum atomic E-state index is 11.6. The van der Waals surface area contributed by atoms with Gasteiger partial charge in [0.25, 0.3) is 5.91 Å². The van der Waals surface area contributed by atoms with Crippen molar-refractivity contribution in [1.29, 1.82) is 0 Å². The fourth-order valence-electron chi connectivity index (χ4n) is 1.96. The van der Waals surface area contributed by atoms with E-state index in [0.29, 0.717) is 16.4 Å². The summed E-state index contributed by atoms with van der Waals surface area (Å²) in [5.74, 6) is 0.529. The van der Waals surface area contributed by atoms with E-state index in [1.807, 2.05) is 0 Å². The van der Waals surface area contributed by atoms with Crippen molar-refractivity contribution in [1.82, 2.24) is 10.3 Å². The van der Waals surface area contributed by atoms with Crippen LogP contribution in [-0.4, -0.2) is 23.5 Å². The third-order valence-corrected chi connectivity index (χ3v) is 3.40. The van der Waals surface area contributed by atoms with Crippen LogP contribution in [0.25, 0.3) is 0 Å². The molecule has 1 aromatic heterocycles. The number of carbonyl (C=O) groups is 1. The Morgan fingerprint density at radius 1 is 1.53 bits per heavy atom. The van der Waals surface area contributed by atoms with E-state index in [1.54, 1.807) is 18.3 Å². The van der Waals surface area contributed by atoms with Crippen LogP contribution in [-0.2, 0) is 4.79 Å². The van der Waals surface area contributed by atoms with Gasteiger partial charge in [-0.2, -0.15) is 0 Å². The molecule has 1 saturated carbocycles. The molecule has 1 fully saturated rings. The van der Waals surface area contributed by atoms with Crippen LogP contribution >= 0.6 is 15.9 Å². The lowest BCUT2D eigenvalue weighted by Gasteiger charge is -2.12. The zero-order valence-corrected chi connectivity index (χ0v) is 11.1. The van der Waals surface area contributed by atoms with Gasteiger partial charge in [0.15, 0.2) is 12.4 Å². The SMILES string of the molecule is O=C(COc1cccnc1Br)NC1CCCC1. The number of halogens is 1. The molecule has 0 aliphatic heterocycles. The molecule has 0 bridgehead atoms. The molecular formula is C12H15BrN2O2. The number of pyridine rings is 1. The van der Waals surface area contributed by atoms with Crippen molar-refractivity contribution < 1.29 is 9.53 Å². The summed E-state index contributed by atoms with van der Waals surface area (Å²) in [6, 6.07) is 3.89. The minimum atomic E-state index is -0.0624. The van der Waals surface area contributed by atoms with Crippen LogP contribution in [0, 0.1) is 0 Å². The van der Waals surface area contributed by atoms with Gasteiger partial charge in [0, 0.05) is 12.2 Å². The Hall–Kier alpha value is -1.10. The van der Waals surface area contributed by atoms with E-state index in [2.05, 4.69) is 26.2 Å². The Morgan fingerprint density at radius 3 is 3.00 bits per heavy atom. The summed E-state index contributed by atoms with van der Waals surface area (Å²) in [6.07, 6.45) is 6.25. The largest absolute Gasteiger partial charge is 0.481 e. The summed E-state index contributed by atoms with van der Waals surface area (Å²) in [5, 5.41) is 2.97. The molecule has 0 saturated heterocycles. The van der Waals surface area contributed by atoms with Gasteiger partial charge in [0.2, 0.25) is 0 Å². The summed E-state index contributed by atoms with van der Waals surface area (Å²) in [7, 11) is 0. The van der Waals surface area contributed by atoms with E-state index < -0.39 is 0 Å². The first-order chi connectivity index (χ1) is 8.25. The quantitative estimate of drug-likeness (QED) is 0.868. The fraction of sp³-hybridized carbons (Fsp3) is 0.500. The molecule has 0 unspecified atom stereocenters. The lowest BCUT2D eigenvalue weighted by atomic mass is 10.2.